The lowest BCUT2D eigenvalue weighted by atomic mass is 10.0. The first-order valence-corrected chi connectivity index (χ1v) is 30.2. The van der Waals surface area contributed by atoms with E-state index < -0.39 is 0 Å². The molecule has 82 heavy (non-hydrogen) atoms. The Balaban J connectivity index is 0.000000294. The third-order valence-electron chi connectivity index (χ3n) is 15.0. The summed E-state index contributed by atoms with van der Waals surface area (Å²) in [5, 5.41) is 37.2. The largest absolute Gasteiger partial charge is 0.504 e. The number of phenolic OH excluding ortho intramolecular Hbond substituents is 4. The van der Waals surface area contributed by atoms with Gasteiger partial charge in [0.1, 0.15) is 26.4 Å². The second kappa shape index (κ2) is 38.9. The van der Waals surface area contributed by atoms with Gasteiger partial charge in [-0.25, -0.2) is 0 Å². The van der Waals surface area contributed by atoms with Crippen LogP contribution in [0, 0.1) is 0 Å². The van der Waals surface area contributed by atoms with Crippen LogP contribution in [0.25, 0.3) is 0 Å². The van der Waals surface area contributed by atoms with E-state index in [-0.39, 0.29) is 30.4 Å². The van der Waals surface area contributed by atoms with E-state index in [0.717, 1.165) is 256 Å². The van der Waals surface area contributed by atoms with Crippen LogP contribution < -0.4 is 18.9 Å². The van der Waals surface area contributed by atoms with Gasteiger partial charge >= 0.3 is 0 Å². The van der Waals surface area contributed by atoms with Gasteiger partial charge in [-0.3, -0.25) is 24.5 Å². The first-order chi connectivity index (χ1) is 39.8. The zero-order valence-corrected chi connectivity index (χ0v) is 48.6. The summed E-state index contributed by atoms with van der Waals surface area (Å²) in [6.07, 6.45) is 7.64. The van der Waals surface area contributed by atoms with Crippen LogP contribution in [0.3, 0.4) is 0 Å². The average molecular weight is 1170 g/mol. The number of nitrogens with zero attached hydrogens (tertiary/aromatic N) is 5. The number of alkyl halides is 1. The molecule has 4 aromatic carbocycles. The molecule has 4 N–H and O–H groups in total. The van der Waals surface area contributed by atoms with Crippen LogP contribution in [-0.2, 0) is 49.4 Å². The number of phenols is 4. The second-order valence-electron chi connectivity index (χ2n) is 21.0. The minimum atomic E-state index is -0.103. The van der Waals surface area contributed by atoms with Crippen LogP contribution in [0.15, 0.2) is 72.8 Å². The monoisotopic (exact) mass is 1170 g/mol. The summed E-state index contributed by atoms with van der Waals surface area (Å²) in [5.74, 6) is 3.69. The zero-order valence-electron chi connectivity index (χ0n) is 47.9. The van der Waals surface area contributed by atoms with Gasteiger partial charge in [0.2, 0.25) is 0 Å². The van der Waals surface area contributed by atoms with E-state index in [9.17, 15) is 20.4 Å². The van der Waals surface area contributed by atoms with Gasteiger partial charge in [-0.15, -0.1) is 11.6 Å². The van der Waals surface area contributed by atoms with Crippen LogP contribution in [0.4, 0.5) is 0 Å². The lowest BCUT2D eigenvalue weighted by Gasteiger charge is -2.27. The maximum Gasteiger partial charge on any atom is 0.161 e. The molecule has 5 aliphatic heterocycles. The molecule has 458 valence electrons. The number of morpholine rings is 5. The molecule has 0 spiro atoms. The number of unbranched alkanes of at least 4 members (excludes halogenated alkanes) is 2. The fourth-order valence-electron chi connectivity index (χ4n) is 10.0. The summed E-state index contributed by atoms with van der Waals surface area (Å²) < 4.78 is 52.5. The third kappa shape index (κ3) is 25.2. The van der Waals surface area contributed by atoms with E-state index in [4.69, 9.17) is 54.2 Å². The van der Waals surface area contributed by atoms with E-state index in [1.807, 2.05) is 0 Å². The van der Waals surface area contributed by atoms with Gasteiger partial charge < -0.3 is 63.1 Å². The molecule has 0 aliphatic carbocycles. The van der Waals surface area contributed by atoms with E-state index >= 15 is 0 Å². The number of ether oxygens (including phenoxy) is 9. The van der Waals surface area contributed by atoms with Crippen molar-refractivity contribution in [1.82, 2.24) is 24.5 Å². The maximum absolute atomic E-state index is 9.39. The summed E-state index contributed by atoms with van der Waals surface area (Å²) in [7, 11) is 0. The average Bonchev–Trinajstić information content (AvgIpc) is 3.50. The smallest absolute Gasteiger partial charge is 0.161 e. The molecule has 19 heteroatoms. The second-order valence-corrected chi connectivity index (χ2v) is 21.4. The van der Waals surface area contributed by atoms with E-state index in [1.54, 1.807) is 24.3 Å². The lowest BCUT2D eigenvalue weighted by Crippen LogP contribution is -2.39. The molecule has 0 aromatic heterocycles. The van der Waals surface area contributed by atoms with E-state index in [2.05, 4.69) is 60.9 Å². The highest BCUT2D eigenvalue weighted by Crippen LogP contribution is 2.32. The highest BCUT2D eigenvalue weighted by Gasteiger charge is 2.17. The SMILES string of the molecule is C.ClCCN1CCOCC1.Oc1ccc(CCCCc2ccc(O)c(O)c2)cc1O.c1cc(OCCN2CCOCC2)c(OCCN2CCOCC2)cc1CCCCc1ccc(OCCN2CCOCC2)c(OCCN2CCOCC2)c1. The molecule has 0 radical (unpaired) electrons. The Bertz CT molecular complexity index is 2190. The number of aryl methyl sites for hydroxylation is 4. The minimum absolute atomic E-state index is 0. The van der Waals surface area contributed by atoms with Crippen molar-refractivity contribution in [3.63, 3.8) is 0 Å². The zero-order chi connectivity index (χ0) is 56.5. The summed E-state index contributed by atoms with van der Waals surface area (Å²) in [6, 6.07) is 22.7. The van der Waals surface area contributed by atoms with Crippen LogP contribution in [-0.4, -0.2) is 241 Å². The molecule has 5 fully saturated rings. The standard InChI is InChI=1S/C40H62N4O8.C16H18O4.C6H12ClNO.CH4/c1(3-35-5-7-37(49-29-17-41-9-21-45-22-10-41)39(33-35)51-31-19-43-13-25-47-26-14-43)2-4-36-6-8-38(50-30-18-42-11-23-46-24-12-42)40(34-36)52-32-20-44-15-27-48-28-16-44;17-13-7-5-11(9-15(13)19)3-1-2-4-12-6-8-14(18)16(20)10-12;7-1-2-8-3-5-9-6-4-8;/h5-8,33-34H,1-4,9-32H2;5-10,17-20H,1-4H2;1-6H2;1H4. The van der Waals surface area contributed by atoms with Crippen LogP contribution in [0.1, 0.15) is 55.4 Å². The topological polar surface area (TPSA) is 180 Å². The van der Waals surface area contributed by atoms with Crippen molar-refractivity contribution in [3.8, 4) is 46.0 Å². The van der Waals surface area contributed by atoms with E-state index in [0.29, 0.717) is 26.4 Å². The predicted molar refractivity (Wildman–Crippen MR) is 321 cm³/mol. The van der Waals surface area contributed by atoms with Gasteiger partial charge in [-0.1, -0.05) is 31.7 Å². The van der Waals surface area contributed by atoms with Gasteiger partial charge in [0.05, 0.1) is 66.1 Å². The summed E-state index contributed by atoms with van der Waals surface area (Å²) >= 11 is 5.55. The molecule has 9 rings (SSSR count). The van der Waals surface area contributed by atoms with E-state index in [1.165, 1.54) is 23.3 Å². The van der Waals surface area contributed by atoms with Gasteiger partial charge in [-0.2, -0.15) is 0 Å². The number of halogens is 1. The first-order valence-electron chi connectivity index (χ1n) is 29.6. The summed E-state index contributed by atoms with van der Waals surface area (Å²) in [5.41, 5.74) is 4.51. The summed E-state index contributed by atoms with van der Waals surface area (Å²) in [6.45, 7) is 25.0. The normalized spacial score (nSPS) is 17.6. The van der Waals surface area contributed by atoms with Crippen molar-refractivity contribution in [3.05, 3.63) is 95.1 Å². The molecular weight excluding hydrogens is 1070 g/mol. The molecule has 4 aromatic rings. The third-order valence-corrected chi connectivity index (χ3v) is 15.2. The Morgan fingerprint density at radius 3 is 0.866 bits per heavy atom. The molecule has 0 unspecified atom stereocenters. The highest BCUT2D eigenvalue weighted by molar-refractivity contribution is 6.18. The summed E-state index contributed by atoms with van der Waals surface area (Å²) in [4.78, 5) is 11.9. The molecule has 5 heterocycles. The molecule has 0 amide bonds. The number of aromatic hydroxyl groups is 4. The molecular formula is C63H96ClN5O13. The lowest BCUT2D eigenvalue weighted by molar-refractivity contribution is 0.0305. The van der Waals surface area contributed by atoms with Crippen LogP contribution in [0.5, 0.6) is 46.0 Å². The van der Waals surface area contributed by atoms with Gasteiger partial charge in [-0.05, 0) is 122 Å². The van der Waals surface area contributed by atoms with Crippen molar-refractivity contribution < 1.29 is 63.1 Å². The Morgan fingerprint density at radius 2 is 0.585 bits per heavy atom. The minimum Gasteiger partial charge on any atom is -0.504 e. The number of hydrogen-bond donors (Lipinski definition) is 4. The Morgan fingerprint density at radius 1 is 0.329 bits per heavy atom. The molecule has 0 bridgehead atoms. The molecule has 5 aliphatic rings. The highest BCUT2D eigenvalue weighted by atomic mass is 35.5. The van der Waals surface area contributed by atoms with Gasteiger partial charge in [0.25, 0.3) is 0 Å². The van der Waals surface area contributed by atoms with Crippen molar-refractivity contribution in [2.24, 2.45) is 0 Å². The maximum atomic E-state index is 9.39. The van der Waals surface area contributed by atoms with Crippen molar-refractivity contribution in [1.29, 1.82) is 0 Å². The number of rotatable bonds is 28. The molecule has 5 saturated heterocycles. The Hall–Kier alpha value is -4.83. The fraction of sp³-hybridized carbons (Fsp3) is 0.619. The Labute approximate surface area is 493 Å². The molecule has 0 saturated carbocycles. The van der Waals surface area contributed by atoms with Crippen molar-refractivity contribution >= 4 is 11.6 Å². The predicted octanol–water partition coefficient (Wildman–Crippen LogP) is 7.36. The van der Waals surface area contributed by atoms with Crippen LogP contribution >= 0.6 is 11.6 Å². The van der Waals surface area contributed by atoms with Gasteiger partial charge in [0, 0.05) is 104 Å². The van der Waals surface area contributed by atoms with Gasteiger partial charge in [0.15, 0.2) is 46.0 Å². The van der Waals surface area contributed by atoms with Crippen molar-refractivity contribution in [2.75, 3.05) is 197 Å². The molecule has 18 nitrogen and oxygen atoms in total. The Kier molecular flexibility index (Phi) is 31.5. The van der Waals surface area contributed by atoms with Crippen LogP contribution in [0.2, 0.25) is 0 Å². The molecule has 0 atom stereocenters. The number of benzene rings is 4. The quantitative estimate of drug-likeness (QED) is 0.0251. The van der Waals surface area contributed by atoms with Crippen molar-refractivity contribution in [2.45, 2.75) is 58.8 Å². The number of hydrogen-bond acceptors (Lipinski definition) is 18. The first kappa shape index (κ1) is 66.3. The fourth-order valence-corrected chi connectivity index (χ4v) is 10.3.